The van der Waals surface area contributed by atoms with Crippen LogP contribution in [0.25, 0.3) is 33.3 Å². The fourth-order valence-corrected chi connectivity index (χ4v) is 3.82. The van der Waals surface area contributed by atoms with Crippen LogP contribution in [0.15, 0.2) is 66.7 Å². The number of benzene rings is 3. The average molecular weight is 357 g/mol. The number of aromatic nitrogens is 1. The summed E-state index contributed by atoms with van der Waals surface area (Å²) >= 11 is 0. The maximum absolute atomic E-state index is 5.61. The summed E-state index contributed by atoms with van der Waals surface area (Å²) < 4.78 is 18.7. The van der Waals surface area contributed by atoms with Gasteiger partial charge in [0.15, 0.2) is 11.5 Å². The van der Waals surface area contributed by atoms with E-state index in [0.29, 0.717) is 0 Å². The third kappa shape index (κ3) is 2.45. The summed E-state index contributed by atoms with van der Waals surface area (Å²) in [5.41, 5.74) is 5.80. The second kappa shape index (κ2) is 6.09. The summed E-state index contributed by atoms with van der Waals surface area (Å²) in [5, 5.41) is 1.21. The van der Waals surface area contributed by atoms with Gasteiger partial charge < -0.3 is 18.8 Å². The van der Waals surface area contributed by atoms with Gasteiger partial charge in [-0.05, 0) is 53.6 Å². The van der Waals surface area contributed by atoms with Crippen molar-refractivity contribution in [3.05, 3.63) is 66.7 Å². The quantitative estimate of drug-likeness (QED) is 0.502. The van der Waals surface area contributed by atoms with E-state index in [1.165, 1.54) is 16.5 Å². The van der Waals surface area contributed by atoms with Crippen LogP contribution in [0.1, 0.15) is 0 Å². The van der Waals surface area contributed by atoms with E-state index in [-0.39, 0.29) is 6.79 Å². The number of fused-ring (bicyclic) bond motifs is 2. The number of rotatable bonds is 3. The van der Waals surface area contributed by atoms with Crippen molar-refractivity contribution in [3.63, 3.8) is 0 Å². The van der Waals surface area contributed by atoms with E-state index in [1.54, 1.807) is 7.11 Å². The number of para-hydroxylation sites is 1. The number of hydrogen-bond acceptors (Lipinski definition) is 3. The van der Waals surface area contributed by atoms with Crippen LogP contribution >= 0.6 is 0 Å². The zero-order chi connectivity index (χ0) is 18.4. The Hall–Kier alpha value is -3.40. The number of nitrogens with zero attached hydrogens (tertiary/aromatic N) is 1. The summed E-state index contributed by atoms with van der Waals surface area (Å²) in [5.74, 6) is 2.44. The predicted octanol–water partition coefficient (Wildman–Crippen LogP) is 5.25. The Morgan fingerprint density at radius 2 is 1.59 bits per heavy atom. The molecule has 0 fully saturated rings. The molecule has 0 radical (unpaired) electrons. The van der Waals surface area contributed by atoms with E-state index in [1.807, 2.05) is 18.2 Å². The molecule has 0 spiro atoms. The number of hydrogen-bond donors (Lipinski definition) is 0. The fraction of sp³-hybridized carbons (Fsp3) is 0.130. The molecule has 3 aromatic carbocycles. The summed E-state index contributed by atoms with van der Waals surface area (Å²) in [6.45, 7) is 0.277. The highest BCUT2D eigenvalue weighted by atomic mass is 16.7. The molecule has 0 unspecified atom stereocenters. The Morgan fingerprint density at radius 1 is 0.852 bits per heavy atom. The van der Waals surface area contributed by atoms with Crippen molar-refractivity contribution in [2.45, 2.75) is 0 Å². The molecule has 2 heterocycles. The van der Waals surface area contributed by atoms with Crippen LogP contribution in [0.5, 0.6) is 17.2 Å². The second-order valence-electron chi connectivity index (χ2n) is 6.60. The van der Waals surface area contributed by atoms with Gasteiger partial charge in [-0.1, -0.05) is 24.3 Å². The van der Waals surface area contributed by atoms with Crippen LogP contribution in [0, 0.1) is 0 Å². The van der Waals surface area contributed by atoms with E-state index in [9.17, 15) is 0 Å². The van der Waals surface area contributed by atoms with Gasteiger partial charge in [0.2, 0.25) is 6.79 Å². The van der Waals surface area contributed by atoms with Crippen LogP contribution in [-0.4, -0.2) is 18.5 Å². The summed E-state index contributed by atoms with van der Waals surface area (Å²) in [7, 11) is 3.79. The molecule has 0 bridgehead atoms. The van der Waals surface area contributed by atoms with Gasteiger partial charge in [-0.3, -0.25) is 0 Å². The van der Waals surface area contributed by atoms with Crippen LogP contribution < -0.4 is 14.2 Å². The maximum atomic E-state index is 5.61. The third-order valence-corrected chi connectivity index (χ3v) is 5.13. The lowest BCUT2D eigenvalue weighted by molar-refractivity contribution is 0.174. The first-order chi connectivity index (χ1) is 13.3. The van der Waals surface area contributed by atoms with Crippen molar-refractivity contribution in [2.24, 2.45) is 7.05 Å². The molecule has 4 heteroatoms. The van der Waals surface area contributed by atoms with Crippen molar-refractivity contribution in [1.82, 2.24) is 4.57 Å². The zero-order valence-electron chi connectivity index (χ0n) is 15.2. The molecule has 5 rings (SSSR count). The molecule has 1 aromatic heterocycles. The minimum Gasteiger partial charge on any atom is -0.497 e. The molecule has 4 nitrogen and oxygen atoms in total. The molecular weight excluding hydrogens is 338 g/mol. The van der Waals surface area contributed by atoms with E-state index >= 15 is 0 Å². The molecule has 134 valence electrons. The van der Waals surface area contributed by atoms with E-state index in [4.69, 9.17) is 14.2 Å². The number of aryl methyl sites for hydroxylation is 1. The molecule has 1 aliphatic rings. The van der Waals surface area contributed by atoms with Crippen molar-refractivity contribution in [2.75, 3.05) is 13.9 Å². The SMILES string of the molecule is COc1ccc(-c2c(-c3ccc4c(c3)OCO4)c3ccccc3n2C)cc1. The zero-order valence-corrected chi connectivity index (χ0v) is 15.2. The Balaban J connectivity index is 1.79. The Bertz CT molecular complexity index is 1140. The topological polar surface area (TPSA) is 32.6 Å². The normalized spacial score (nSPS) is 12.5. The van der Waals surface area contributed by atoms with Crippen molar-refractivity contribution in [3.8, 4) is 39.6 Å². The minimum absolute atomic E-state index is 0.277. The van der Waals surface area contributed by atoms with Crippen LogP contribution in [0.3, 0.4) is 0 Å². The highest BCUT2D eigenvalue weighted by Gasteiger charge is 2.21. The first-order valence-electron chi connectivity index (χ1n) is 8.88. The molecular formula is C23H19NO3. The minimum atomic E-state index is 0.277. The molecule has 0 saturated heterocycles. The molecule has 27 heavy (non-hydrogen) atoms. The summed E-state index contributed by atoms with van der Waals surface area (Å²) in [6, 6.07) is 22.8. The van der Waals surface area contributed by atoms with Gasteiger partial charge in [0, 0.05) is 23.5 Å². The first kappa shape index (κ1) is 15.8. The molecule has 1 aliphatic heterocycles. The lowest BCUT2D eigenvalue weighted by Gasteiger charge is -2.10. The van der Waals surface area contributed by atoms with Gasteiger partial charge in [0.25, 0.3) is 0 Å². The van der Waals surface area contributed by atoms with Crippen molar-refractivity contribution in [1.29, 1.82) is 0 Å². The van der Waals surface area contributed by atoms with Gasteiger partial charge in [0.1, 0.15) is 5.75 Å². The monoisotopic (exact) mass is 357 g/mol. The highest BCUT2D eigenvalue weighted by molar-refractivity contribution is 6.04. The lowest BCUT2D eigenvalue weighted by Crippen LogP contribution is -1.93. The molecule has 4 aromatic rings. The fourth-order valence-electron chi connectivity index (χ4n) is 3.82. The van der Waals surface area contributed by atoms with Crippen molar-refractivity contribution < 1.29 is 14.2 Å². The summed E-state index contributed by atoms with van der Waals surface area (Å²) in [6.07, 6.45) is 0. The summed E-state index contributed by atoms with van der Waals surface area (Å²) in [4.78, 5) is 0. The Kier molecular flexibility index (Phi) is 3.57. The smallest absolute Gasteiger partial charge is 0.231 e. The van der Waals surface area contributed by atoms with Crippen LogP contribution in [0.4, 0.5) is 0 Å². The number of methoxy groups -OCH3 is 1. The molecule has 0 aliphatic carbocycles. The Morgan fingerprint density at radius 3 is 2.41 bits per heavy atom. The lowest BCUT2D eigenvalue weighted by atomic mass is 9.98. The van der Waals surface area contributed by atoms with E-state index < -0.39 is 0 Å². The van der Waals surface area contributed by atoms with Crippen LogP contribution in [0.2, 0.25) is 0 Å². The second-order valence-corrected chi connectivity index (χ2v) is 6.60. The highest BCUT2D eigenvalue weighted by Crippen LogP contribution is 2.43. The molecule has 0 N–H and O–H groups in total. The largest absolute Gasteiger partial charge is 0.497 e. The van der Waals surface area contributed by atoms with E-state index in [0.717, 1.165) is 34.1 Å². The van der Waals surface area contributed by atoms with Crippen molar-refractivity contribution >= 4 is 10.9 Å². The third-order valence-electron chi connectivity index (χ3n) is 5.13. The van der Waals surface area contributed by atoms with Gasteiger partial charge in [-0.25, -0.2) is 0 Å². The standard InChI is InChI=1S/C23H19NO3/c1-24-19-6-4-3-5-18(19)22(16-9-12-20-21(13-16)27-14-26-20)23(24)15-7-10-17(25-2)11-8-15/h3-13H,14H2,1-2H3. The molecule has 0 saturated carbocycles. The number of ether oxygens (including phenoxy) is 3. The average Bonchev–Trinajstić information content (AvgIpc) is 3.30. The van der Waals surface area contributed by atoms with Gasteiger partial charge in [-0.2, -0.15) is 0 Å². The molecule has 0 amide bonds. The molecule has 0 atom stereocenters. The van der Waals surface area contributed by atoms with Gasteiger partial charge >= 0.3 is 0 Å². The maximum Gasteiger partial charge on any atom is 0.231 e. The van der Waals surface area contributed by atoms with E-state index in [2.05, 4.69) is 60.1 Å². The van der Waals surface area contributed by atoms with Crippen LogP contribution in [-0.2, 0) is 7.05 Å². The Labute approximate surface area is 157 Å². The van der Waals surface area contributed by atoms with Gasteiger partial charge in [-0.15, -0.1) is 0 Å². The first-order valence-corrected chi connectivity index (χ1v) is 8.88. The van der Waals surface area contributed by atoms with Gasteiger partial charge in [0.05, 0.1) is 12.8 Å². The predicted molar refractivity (Wildman–Crippen MR) is 106 cm³/mol.